The SMILES string of the molecule is CCOC(=O)[C@H]1C(=O)N(CCC(C)C)c2nc3ccccc3n2[C@H]1c1ccccn1. The molecule has 1 aliphatic heterocycles. The molecule has 156 valence electrons. The number of amides is 1. The van der Waals surface area contributed by atoms with Gasteiger partial charge in [0, 0.05) is 12.7 Å². The van der Waals surface area contributed by atoms with Gasteiger partial charge in [0.1, 0.15) is 6.04 Å². The number of anilines is 1. The van der Waals surface area contributed by atoms with Gasteiger partial charge in [0.05, 0.1) is 23.3 Å². The lowest BCUT2D eigenvalue weighted by atomic mass is 9.92. The predicted molar refractivity (Wildman–Crippen MR) is 114 cm³/mol. The van der Waals surface area contributed by atoms with E-state index in [9.17, 15) is 9.59 Å². The summed E-state index contributed by atoms with van der Waals surface area (Å²) in [7, 11) is 0. The van der Waals surface area contributed by atoms with E-state index in [0.29, 0.717) is 24.1 Å². The van der Waals surface area contributed by atoms with E-state index in [-0.39, 0.29) is 12.5 Å². The minimum absolute atomic E-state index is 0.209. The molecule has 30 heavy (non-hydrogen) atoms. The van der Waals surface area contributed by atoms with Gasteiger partial charge < -0.3 is 4.74 Å². The van der Waals surface area contributed by atoms with Gasteiger partial charge in [-0.3, -0.25) is 24.0 Å². The Hall–Kier alpha value is -3.22. The summed E-state index contributed by atoms with van der Waals surface area (Å²) >= 11 is 0. The van der Waals surface area contributed by atoms with Crippen LogP contribution < -0.4 is 4.90 Å². The molecule has 0 saturated carbocycles. The highest BCUT2D eigenvalue weighted by Gasteiger charge is 2.48. The largest absolute Gasteiger partial charge is 0.465 e. The van der Waals surface area contributed by atoms with E-state index in [4.69, 9.17) is 9.72 Å². The normalized spacial score (nSPS) is 18.7. The number of para-hydroxylation sites is 2. The van der Waals surface area contributed by atoms with E-state index in [1.54, 1.807) is 18.0 Å². The van der Waals surface area contributed by atoms with Crippen molar-refractivity contribution in [2.45, 2.75) is 33.2 Å². The summed E-state index contributed by atoms with van der Waals surface area (Å²) in [5, 5.41) is 0. The molecule has 0 N–H and O–H groups in total. The lowest BCUT2D eigenvalue weighted by Crippen LogP contribution is -2.50. The summed E-state index contributed by atoms with van der Waals surface area (Å²) in [4.78, 5) is 37.5. The van der Waals surface area contributed by atoms with Crippen molar-refractivity contribution in [3.8, 4) is 0 Å². The average molecular weight is 406 g/mol. The molecule has 0 fully saturated rings. The summed E-state index contributed by atoms with van der Waals surface area (Å²) in [6.07, 6.45) is 2.48. The van der Waals surface area contributed by atoms with Crippen LogP contribution in [0.3, 0.4) is 0 Å². The third-order valence-corrected chi connectivity index (χ3v) is 5.41. The zero-order chi connectivity index (χ0) is 21.3. The monoisotopic (exact) mass is 406 g/mol. The van der Waals surface area contributed by atoms with Gasteiger partial charge >= 0.3 is 5.97 Å². The highest BCUT2D eigenvalue weighted by Crippen LogP contribution is 2.40. The van der Waals surface area contributed by atoms with E-state index in [1.165, 1.54) is 0 Å². The third-order valence-electron chi connectivity index (χ3n) is 5.41. The van der Waals surface area contributed by atoms with Gasteiger partial charge in [-0.15, -0.1) is 0 Å². The lowest BCUT2D eigenvalue weighted by Gasteiger charge is -2.37. The maximum Gasteiger partial charge on any atom is 0.321 e. The summed E-state index contributed by atoms with van der Waals surface area (Å²) in [6, 6.07) is 12.6. The van der Waals surface area contributed by atoms with Crippen LogP contribution in [0.5, 0.6) is 0 Å². The van der Waals surface area contributed by atoms with Crippen LogP contribution in [0.2, 0.25) is 0 Å². The molecule has 1 amide bonds. The Morgan fingerprint density at radius 2 is 1.93 bits per heavy atom. The van der Waals surface area contributed by atoms with Crippen molar-refractivity contribution in [2.24, 2.45) is 11.8 Å². The number of ether oxygens (including phenoxy) is 1. The van der Waals surface area contributed by atoms with Crippen molar-refractivity contribution in [1.29, 1.82) is 0 Å². The minimum atomic E-state index is -1.02. The number of fused-ring (bicyclic) bond motifs is 3. The molecule has 3 heterocycles. The smallest absolute Gasteiger partial charge is 0.321 e. The van der Waals surface area contributed by atoms with Crippen LogP contribution in [-0.4, -0.2) is 39.6 Å². The zero-order valence-electron chi connectivity index (χ0n) is 17.5. The highest BCUT2D eigenvalue weighted by molar-refractivity contribution is 6.08. The molecule has 7 heteroatoms. The Kier molecular flexibility index (Phi) is 5.53. The van der Waals surface area contributed by atoms with Crippen LogP contribution in [0, 0.1) is 11.8 Å². The maximum absolute atomic E-state index is 13.6. The van der Waals surface area contributed by atoms with Gasteiger partial charge in [-0.05, 0) is 43.5 Å². The fourth-order valence-electron chi connectivity index (χ4n) is 3.96. The first kappa shape index (κ1) is 20.1. The number of carbonyl (C=O) groups is 2. The second-order valence-electron chi connectivity index (χ2n) is 7.87. The molecule has 0 bridgehead atoms. The molecule has 0 saturated heterocycles. The third kappa shape index (κ3) is 3.44. The van der Waals surface area contributed by atoms with Crippen LogP contribution in [-0.2, 0) is 14.3 Å². The highest BCUT2D eigenvalue weighted by atomic mass is 16.5. The van der Waals surface area contributed by atoms with E-state index in [0.717, 1.165) is 17.5 Å². The number of hydrogen-bond acceptors (Lipinski definition) is 5. The van der Waals surface area contributed by atoms with Gasteiger partial charge in [0.15, 0.2) is 5.92 Å². The fraction of sp³-hybridized carbons (Fsp3) is 0.391. The molecule has 0 unspecified atom stereocenters. The summed E-state index contributed by atoms with van der Waals surface area (Å²) in [5.74, 6) is -0.871. The zero-order valence-corrected chi connectivity index (χ0v) is 17.5. The second kappa shape index (κ2) is 8.26. The molecule has 2 aromatic heterocycles. The van der Waals surface area contributed by atoms with Crippen LogP contribution in [0.1, 0.15) is 38.9 Å². The first-order valence-corrected chi connectivity index (χ1v) is 10.4. The Bertz CT molecular complexity index is 1060. The van der Waals surface area contributed by atoms with E-state index in [1.807, 2.05) is 47.0 Å². The summed E-state index contributed by atoms with van der Waals surface area (Å²) in [6.45, 7) is 6.66. The first-order chi connectivity index (χ1) is 14.5. The number of nitrogens with zero attached hydrogens (tertiary/aromatic N) is 4. The maximum atomic E-state index is 13.6. The summed E-state index contributed by atoms with van der Waals surface area (Å²) in [5.41, 5.74) is 2.27. The quantitative estimate of drug-likeness (QED) is 0.462. The number of hydrogen-bond donors (Lipinski definition) is 0. The average Bonchev–Trinajstić information content (AvgIpc) is 3.12. The van der Waals surface area contributed by atoms with Crippen LogP contribution >= 0.6 is 0 Å². The molecule has 4 rings (SSSR count). The molecule has 1 aliphatic rings. The number of esters is 1. The molecule has 1 aromatic carbocycles. The van der Waals surface area contributed by atoms with E-state index < -0.39 is 17.9 Å². The number of carbonyl (C=O) groups excluding carboxylic acids is 2. The Labute approximate surface area is 175 Å². The topological polar surface area (TPSA) is 77.3 Å². The van der Waals surface area contributed by atoms with Crippen molar-refractivity contribution in [3.05, 3.63) is 54.4 Å². The van der Waals surface area contributed by atoms with Gasteiger partial charge in [0.2, 0.25) is 11.9 Å². The molecule has 0 radical (unpaired) electrons. The number of aromatic nitrogens is 3. The van der Waals surface area contributed by atoms with Crippen molar-refractivity contribution >= 4 is 28.9 Å². The van der Waals surface area contributed by atoms with Gasteiger partial charge in [-0.25, -0.2) is 4.98 Å². The predicted octanol–water partition coefficient (Wildman–Crippen LogP) is 3.59. The molecular weight excluding hydrogens is 380 g/mol. The molecule has 3 aromatic rings. The van der Waals surface area contributed by atoms with Crippen LogP contribution in [0.4, 0.5) is 5.95 Å². The van der Waals surface area contributed by atoms with Gasteiger partial charge in [-0.2, -0.15) is 0 Å². The Morgan fingerprint density at radius 1 is 1.17 bits per heavy atom. The van der Waals surface area contributed by atoms with E-state index in [2.05, 4.69) is 18.8 Å². The van der Waals surface area contributed by atoms with Gasteiger partial charge in [-0.1, -0.05) is 32.0 Å². The number of pyridine rings is 1. The molecule has 7 nitrogen and oxygen atoms in total. The number of rotatable bonds is 6. The Morgan fingerprint density at radius 3 is 2.63 bits per heavy atom. The van der Waals surface area contributed by atoms with Crippen molar-refractivity contribution in [3.63, 3.8) is 0 Å². The molecule has 0 aliphatic carbocycles. The molecule has 0 spiro atoms. The van der Waals surface area contributed by atoms with Crippen molar-refractivity contribution < 1.29 is 14.3 Å². The molecular formula is C23H26N4O3. The fourth-order valence-corrected chi connectivity index (χ4v) is 3.96. The van der Waals surface area contributed by atoms with Gasteiger partial charge in [0.25, 0.3) is 0 Å². The minimum Gasteiger partial charge on any atom is -0.465 e. The van der Waals surface area contributed by atoms with Crippen molar-refractivity contribution in [1.82, 2.24) is 14.5 Å². The number of imidazole rings is 1. The lowest BCUT2D eigenvalue weighted by molar-refractivity contribution is -0.153. The molecule has 2 atom stereocenters. The first-order valence-electron chi connectivity index (χ1n) is 10.4. The summed E-state index contributed by atoms with van der Waals surface area (Å²) < 4.78 is 7.31. The Balaban J connectivity index is 1.95. The second-order valence-corrected chi connectivity index (χ2v) is 7.87. The van der Waals surface area contributed by atoms with Crippen LogP contribution in [0.25, 0.3) is 11.0 Å². The van der Waals surface area contributed by atoms with E-state index >= 15 is 0 Å². The standard InChI is InChI=1S/C23H26N4O3/c1-4-30-22(29)19-20(17-10-7-8-13-24-17)27-18-11-6-5-9-16(18)25-23(27)26(21(19)28)14-12-15(2)3/h5-11,13,15,19-20H,4,12,14H2,1-3H3/t19-,20+/m1/s1. The van der Waals surface area contributed by atoms with Crippen molar-refractivity contribution in [2.75, 3.05) is 18.1 Å². The number of benzene rings is 1. The van der Waals surface area contributed by atoms with Crippen LogP contribution in [0.15, 0.2) is 48.7 Å².